The first-order valence-corrected chi connectivity index (χ1v) is 7.45. The van der Waals surface area contributed by atoms with E-state index >= 15 is 0 Å². The van der Waals surface area contributed by atoms with Gasteiger partial charge in [-0.05, 0) is 50.4 Å². The van der Waals surface area contributed by atoms with Gasteiger partial charge in [0.05, 0.1) is 6.04 Å². The minimum atomic E-state index is -0.0903. The lowest BCUT2D eigenvalue weighted by Gasteiger charge is -2.35. The molecule has 2 amide bonds. The first kappa shape index (κ1) is 13.4. The fourth-order valence-electron chi connectivity index (χ4n) is 3.78. The highest BCUT2D eigenvalue weighted by molar-refractivity contribution is 5.74. The Labute approximate surface area is 120 Å². The average molecular weight is 273 g/mol. The SMILES string of the molecule is CNC(=O)N[C@@H]1CC2(CCNCC2)c2cc(C)ccc21. The lowest BCUT2D eigenvalue weighted by atomic mass is 9.74. The third-order valence-electron chi connectivity index (χ3n) is 4.84. The maximum atomic E-state index is 11.7. The first-order valence-electron chi connectivity index (χ1n) is 7.45. The number of piperidine rings is 1. The zero-order chi connectivity index (χ0) is 14.2. The Kier molecular flexibility index (Phi) is 3.42. The topological polar surface area (TPSA) is 53.2 Å². The van der Waals surface area contributed by atoms with Crippen LogP contribution in [0.4, 0.5) is 4.79 Å². The normalized spacial score (nSPS) is 23.4. The van der Waals surface area contributed by atoms with Gasteiger partial charge in [-0.3, -0.25) is 0 Å². The highest BCUT2D eigenvalue weighted by atomic mass is 16.2. The Balaban J connectivity index is 1.97. The summed E-state index contributed by atoms with van der Waals surface area (Å²) < 4.78 is 0. The van der Waals surface area contributed by atoms with Crippen LogP contribution in [0.5, 0.6) is 0 Å². The highest BCUT2D eigenvalue weighted by Crippen LogP contribution is 2.50. The van der Waals surface area contributed by atoms with Crippen molar-refractivity contribution < 1.29 is 4.79 Å². The van der Waals surface area contributed by atoms with Crippen LogP contribution in [0.3, 0.4) is 0 Å². The summed E-state index contributed by atoms with van der Waals surface area (Å²) in [5, 5.41) is 9.22. The number of hydrogen-bond acceptors (Lipinski definition) is 2. The van der Waals surface area contributed by atoms with E-state index in [2.05, 4.69) is 41.1 Å². The standard InChI is InChI=1S/C16H23N3O/c1-11-3-4-12-13(9-11)16(5-7-18-8-6-16)10-14(12)19-15(20)17-2/h3-4,9,14,18H,5-8,10H2,1-2H3,(H2,17,19,20)/t14-/m1/s1. The number of benzene rings is 1. The van der Waals surface area contributed by atoms with Crippen molar-refractivity contribution in [2.45, 2.75) is 37.6 Å². The molecule has 2 aliphatic rings. The van der Waals surface area contributed by atoms with Crippen molar-refractivity contribution in [1.82, 2.24) is 16.0 Å². The van der Waals surface area contributed by atoms with Gasteiger partial charge < -0.3 is 16.0 Å². The van der Waals surface area contributed by atoms with E-state index in [0.29, 0.717) is 0 Å². The second kappa shape index (κ2) is 5.09. The second-order valence-corrected chi connectivity index (χ2v) is 6.10. The Hall–Kier alpha value is -1.55. The molecule has 4 nitrogen and oxygen atoms in total. The number of rotatable bonds is 1. The molecule has 3 N–H and O–H groups in total. The summed E-state index contributed by atoms with van der Waals surface area (Å²) in [6.07, 6.45) is 3.35. The lowest BCUT2D eigenvalue weighted by molar-refractivity contribution is 0.233. The fourth-order valence-corrected chi connectivity index (χ4v) is 3.78. The first-order chi connectivity index (χ1) is 9.64. The van der Waals surface area contributed by atoms with Gasteiger partial charge >= 0.3 is 6.03 Å². The molecule has 1 aliphatic heterocycles. The maximum absolute atomic E-state index is 11.7. The maximum Gasteiger partial charge on any atom is 0.315 e. The molecule has 1 aromatic rings. The molecule has 0 bridgehead atoms. The van der Waals surface area contributed by atoms with E-state index in [-0.39, 0.29) is 17.5 Å². The molecule has 1 aromatic carbocycles. The van der Waals surface area contributed by atoms with Gasteiger partial charge in [0.25, 0.3) is 0 Å². The van der Waals surface area contributed by atoms with Crippen LogP contribution >= 0.6 is 0 Å². The van der Waals surface area contributed by atoms with E-state index in [1.807, 2.05) is 0 Å². The molecule has 1 heterocycles. The fraction of sp³-hybridized carbons (Fsp3) is 0.562. The summed E-state index contributed by atoms with van der Waals surface area (Å²) in [6.45, 7) is 4.29. The summed E-state index contributed by atoms with van der Waals surface area (Å²) >= 11 is 0. The van der Waals surface area contributed by atoms with Crippen molar-refractivity contribution in [2.24, 2.45) is 0 Å². The molecule has 0 aromatic heterocycles. The number of amides is 2. The van der Waals surface area contributed by atoms with E-state index < -0.39 is 0 Å². The minimum absolute atomic E-state index is 0.0903. The van der Waals surface area contributed by atoms with Crippen LogP contribution in [0.25, 0.3) is 0 Å². The van der Waals surface area contributed by atoms with Crippen LogP contribution in [-0.2, 0) is 5.41 Å². The Bertz CT molecular complexity index is 520. The third kappa shape index (κ3) is 2.18. The van der Waals surface area contributed by atoms with Gasteiger partial charge in [0.1, 0.15) is 0 Å². The molecule has 20 heavy (non-hydrogen) atoms. The average Bonchev–Trinajstić information content (AvgIpc) is 2.73. The quantitative estimate of drug-likeness (QED) is 0.733. The number of aryl methyl sites for hydroxylation is 1. The number of carbonyl (C=O) groups is 1. The van der Waals surface area contributed by atoms with Gasteiger partial charge in [-0.15, -0.1) is 0 Å². The van der Waals surface area contributed by atoms with Crippen molar-refractivity contribution >= 4 is 6.03 Å². The van der Waals surface area contributed by atoms with Crippen LogP contribution in [0.2, 0.25) is 0 Å². The van der Waals surface area contributed by atoms with Gasteiger partial charge in [-0.2, -0.15) is 0 Å². The summed E-state index contributed by atoms with van der Waals surface area (Å²) in [6, 6.07) is 6.72. The highest BCUT2D eigenvalue weighted by Gasteiger charge is 2.44. The van der Waals surface area contributed by atoms with Crippen molar-refractivity contribution in [2.75, 3.05) is 20.1 Å². The number of carbonyl (C=O) groups excluding carboxylic acids is 1. The van der Waals surface area contributed by atoms with Crippen molar-refractivity contribution in [1.29, 1.82) is 0 Å². The van der Waals surface area contributed by atoms with E-state index in [0.717, 1.165) is 32.4 Å². The Morgan fingerprint density at radius 1 is 1.35 bits per heavy atom. The third-order valence-corrected chi connectivity index (χ3v) is 4.84. The van der Waals surface area contributed by atoms with Crippen LogP contribution < -0.4 is 16.0 Å². The molecule has 1 fully saturated rings. The zero-order valence-electron chi connectivity index (χ0n) is 12.3. The van der Waals surface area contributed by atoms with Gasteiger partial charge in [0, 0.05) is 12.5 Å². The molecule has 0 unspecified atom stereocenters. The summed E-state index contributed by atoms with van der Waals surface area (Å²) in [5.74, 6) is 0. The molecule has 1 spiro atoms. The predicted octanol–water partition coefficient (Wildman–Crippen LogP) is 1.99. The smallest absolute Gasteiger partial charge is 0.315 e. The Morgan fingerprint density at radius 2 is 2.10 bits per heavy atom. The monoisotopic (exact) mass is 273 g/mol. The van der Waals surface area contributed by atoms with E-state index in [9.17, 15) is 4.79 Å². The van der Waals surface area contributed by atoms with Crippen molar-refractivity contribution in [3.05, 3.63) is 34.9 Å². The number of nitrogens with one attached hydrogen (secondary N) is 3. The summed E-state index contributed by atoms with van der Waals surface area (Å²) in [7, 11) is 1.67. The van der Waals surface area contributed by atoms with Gasteiger partial charge in [0.2, 0.25) is 0 Å². The van der Waals surface area contributed by atoms with Gasteiger partial charge in [0.15, 0.2) is 0 Å². The molecule has 1 aliphatic carbocycles. The zero-order valence-corrected chi connectivity index (χ0v) is 12.3. The van der Waals surface area contributed by atoms with Crippen LogP contribution in [0, 0.1) is 6.92 Å². The predicted molar refractivity (Wildman–Crippen MR) is 79.9 cm³/mol. The summed E-state index contributed by atoms with van der Waals surface area (Å²) in [5.41, 5.74) is 4.32. The van der Waals surface area contributed by atoms with Crippen molar-refractivity contribution in [3.8, 4) is 0 Å². The number of urea groups is 1. The number of fused-ring (bicyclic) bond motifs is 2. The molecular weight excluding hydrogens is 250 g/mol. The second-order valence-electron chi connectivity index (χ2n) is 6.10. The van der Waals surface area contributed by atoms with Crippen LogP contribution in [0.15, 0.2) is 18.2 Å². The minimum Gasteiger partial charge on any atom is -0.341 e. The molecule has 0 radical (unpaired) electrons. The molecule has 1 atom stereocenters. The van der Waals surface area contributed by atoms with E-state index in [4.69, 9.17) is 0 Å². The molecule has 0 saturated carbocycles. The molecule has 108 valence electrons. The molecule has 3 rings (SSSR count). The van der Waals surface area contributed by atoms with E-state index in [1.54, 1.807) is 7.05 Å². The Morgan fingerprint density at radius 3 is 2.80 bits per heavy atom. The number of hydrogen-bond donors (Lipinski definition) is 3. The summed E-state index contributed by atoms with van der Waals surface area (Å²) in [4.78, 5) is 11.7. The van der Waals surface area contributed by atoms with Gasteiger partial charge in [-0.25, -0.2) is 4.79 Å². The van der Waals surface area contributed by atoms with Crippen molar-refractivity contribution in [3.63, 3.8) is 0 Å². The van der Waals surface area contributed by atoms with Crippen LogP contribution in [-0.4, -0.2) is 26.2 Å². The largest absolute Gasteiger partial charge is 0.341 e. The van der Waals surface area contributed by atoms with E-state index in [1.165, 1.54) is 16.7 Å². The van der Waals surface area contributed by atoms with Crippen LogP contribution in [0.1, 0.15) is 42.0 Å². The molecule has 4 heteroatoms. The lowest BCUT2D eigenvalue weighted by Crippen LogP contribution is -2.40. The molecular formula is C16H23N3O. The van der Waals surface area contributed by atoms with Gasteiger partial charge in [-0.1, -0.05) is 23.8 Å². The molecule has 1 saturated heterocycles.